The van der Waals surface area contributed by atoms with Gasteiger partial charge in [-0.2, -0.15) is 0 Å². The van der Waals surface area contributed by atoms with E-state index in [-0.39, 0.29) is 35.6 Å². The first kappa shape index (κ1) is 39.0. The van der Waals surface area contributed by atoms with Gasteiger partial charge in [-0.3, -0.25) is 13.9 Å². The number of anilines is 1. The highest BCUT2D eigenvalue weighted by Gasteiger charge is 2.36. The number of nitrogens with zero attached hydrogens (tertiary/aromatic N) is 2. The van der Waals surface area contributed by atoms with Crippen LogP contribution in [0.25, 0.3) is 0 Å². The summed E-state index contributed by atoms with van der Waals surface area (Å²) in [6.07, 6.45) is 4.99. The molecular weight excluding hydrogens is 721 g/mol. The first-order chi connectivity index (χ1) is 24.9. The fourth-order valence-corrected chi connectivity index (χ4v) is 8.61. The number of ether oxygens (including phenoxy) is 2. The molecule has 0 radical (unpaired) electrons. The van der Waals surface area contributed by atoms with Crippen molar-refractivity contribution in [2.24, 2.45) is 0 Å². The zero-order valence-corrected chi connectivity index (χ0v) is 32.2. The lowest BCUT2D eigenvalue weighted by Crippen LogP contribution is -2.55. The van der Waals surface area contributed by atoms with Gasteiger partial charge in [-0.05, 0) is 79.8 Å². The van der Waals surface area contributed by atoms with Gasteiger partial charge < -0.3 is 19.7 Å². The maximum atomic E-state index is 15.0. The van der Waals surface area contributed by atoms with Gasteiger partial charge in [0, 0.05) is 40.7 Å². The Balaban J connectivity index is 1.63. The average Bonchev–Trinajstić information content (AvgIpc) is 3.13. The second-order valence-corrected chi connectivity index (χ2v) is 15.8. The van der Waals surface area contributed by atoms with E-state index in [1.54, 1.807) is 30.3 Å². The number of nitrogens with one attached hydrogen (secondary N) is 1. The van der Waals surface area contributed by atoms with Crippen molar-refractivity contribution in [3.63, 3.8) is 0 Å². The lowest BCUT2D eigenvalue weighted by molar-refractivity contribution is -0.140. The zero-order valence-electron chi connectivity index (χ0n) is 29.9. The number of halogens is 2. The van der Waals surface area contributed by atoms with E-state index in [4.69, 9.17) is 32.7 Å². The second-order valence-electron chi connectivity index (χ2n) is 13.1. The summed E-state index contributed by atoms with van der Waals surface area (Å²) in [6, 6.07) is 23.1. The molecule has 0 heterocycles. The van der Waals surface area contributed by atoms with Gasteiger partial charge >= 0.3 is 0 Å². The lowest BCUT2D eigenvalue weighted by Gasteiger charge is -2.35. The molecule has 276 valence electrons. The summed E-state index contributed by atoms with van der Waals surface area (Å²) in [6.45, 7) is 2.96. The van der Waals surface area contributed by atoms with Crippen LogP contribution in [-0.4, -0.2) is 58.0 Å². The maximum Gasteiger partial charge on any atom is 0.264 e. The van der Waals surface area contributed by atoms with Crippen molar-refractivity contribution >= 4 is 50.7 Å². The van der Waals surface area contributed by atoms with Crippen LogP contribution in [0.5, 0.6) is 11.5 Å². The molecule has 1 aliphatic carbocycles. The quantitative estimate of drug-likeness (QED) is 0.140. The lowest BCUT2D eigenvalue weighted by atomic mass is 9.94. The highest BCUT2D eigenvalue weighted by molar-refractivity contribution is 7.92. The molecule has 4 aromatic rings. The van der Waals surface area contributed by atoms with Crippen molar-refractivity contribution in [3.05, 3.63) is 117 Å². The van der Waals surface area contributed by atoms with E-state index < -0.39 is 28.5 Å². The van der Waals surface area contributed by atoms with Crippen molar-refractivity contribution < 1.29 is 27.5 Å². The largest absolute Gasteiger partial charge is 0.493 e. The number of aryl methyl sites for hydroxylation is 2. The Morgan fingerprint density at radius 1 is 0.827 bits per heavy atom. The molecule has 4 aromatic carbocycles. The number of hydrogen-bond acceptors (Lipinski definition) is 6. The summed E-state index contributed by atoms with van der Waals surface area (Å²) in [5.41, 5.74) is 3.19. The molecule has 12 heteroatoms. The Morgan fingerprint density at radius 2 is 1.46 bits per heavy atom. The second kappa shape index (κ2) is 17.5. The van der Waals surface area contributed by atoms with Crippen LogP contribution in [-0.2, 0) is 32.6 Å². The van der Waals surface area contributed by atoms with Crippen LogP contribution in [0.2, 0.25) is 10.0 Å². The molecule has 0 aromatic heterocycles. The van der Waals surface area contributed by atoms with Crippen LogP contribution < -0.4 is 19.1 Å². The van der Waals surface area contributed by atoms with Crippen molar-refractivity contribution in [2.45, 2.75) is 75.9 Å². The Bertz CT molecular complexity index is 1950. The summed E-state index contributed by atoms with van der Waals surface area (Å²) in [5, 5.41) is 3.85. The molecule has 1 saturated carbocycles. The molecule has 1 unspecified atom stereocenters. The summed E-state index contributed by atoms with van der Waals surface area (Å²) < 4.78 is 41.1. The molecule has 0 saturated heterocycles. The third-order valence-electron chi connectivity index (χ3n) is 9.33. The average molecular weight is 767 g/mol. The van der Waals surface area contributed by atoms with Crippen LogP contribution in [0.4, 0.5) is 5.69 Å². The molecule has 52 heavy (non-hydrogen) atoms. The number of methoxy groups -OCH3 is 2. The Kier molecular flexibility index (Phi) is 13.1. The van der Waals surface area contributed by atoms with Gasteiger partial charge in [0.15, 0.2) is 11.5 Å². The van der Waals surface area contributed by atoms with Crippen LogP contribution >= 0.6 is 23.2 Å². The first-order valence-corrected chi connectivity index (χ1v) is 19.5. The van der Waals surface area contributed by atoms with Crippen LogP contribution in [0.1, 0.15) is 54.4 Å². The standard InChI is InChI=1S/C40H45Cl2N3O6S/c1-27-20-28(2)22-31(21-27)45(52(48,49)32-18-19-37(50-3)38(24-32)51-4)26-39(46)44(25-33-34(41)16-11-17-35(33)42)36(23-29-12-7-5-8-13-29)40(47)43-30-14-9-6-10-15-30/h5,7-8,11-13,16-22,24,30,36H,6,9-10,14-15,23,25-26H2,1-4H3,(H,43,47). The van der Waals surface area contributed by atoms with Crippen molar-refractivity contribution in [1.82, 2.24) is 10.2 Å². The number of carbonyl (C=O) groups is 2. The van der Waals surface area contributed by atoms with E-state index in [9.17, 15) is 18.0 Å². The van der Waals surface area contributed by atoms with Gasteiger partial charge in [0.1, 0.15) is 12.6 Å². The Morgan fingerprint density at radius 3 is 2.08 bits per heavy atom. The number of sulfonamides is 1. The number of carbonyl (C=O) groups excluding carboxylic acids is 2. The minimum atomic E-state index is -4.39. The number of rotatable bonds is 14. The first-order valence-electron chi connectivity index (χ1n) is 17.3. The summed E-state index contributed by atoms with van der Waals surface area (Å²) in [7, 11) is -1.51. The third-order valence-corrected chi connectivity index (χ3v) is 11.8. The molecule has 5 rings (SSSR count). The molecule has 0 bridgehead atoms. The maximum absolute atomic E-state index is 15.0. The zero-order chi connectivity index (χ0) is 37.4. The number of benzene rings is 4. The highest BCUT2D eigenvalue weighted by atomic mass is 35.5. The molecular formula is C40H45Cl2N3O6S. The van der Waals surface area contributed by atoms with Gasteiger partial charge in [-0.25, -0.2) is 8.42 Å². The highest BCUT2D eigenvalue weighted by Crippen LogP contribution is 2.34. The molecule has 2 amide bonds. The number of hydrogen-bond donors (Lipinski definition) is 1. The molecule has 0 spiro atoms. The minimum absolute atomic E-state index is 0.0300. The third kappa shape index (κ3) is 9.40. The van der Waals surface area contributed by atoms with E-state index >= 15 is 0 Å². The summed E-state index contributed by atoms with van der Waals surface area (Å²) in [4.78, 5) is 30.7. The molecule has 9 nitrogen and oxygen atoms in total. The van der Waals surface area contributed by atoms with Gasteiger partial charge in [-0.1, -0.05) is 84.9 Å². The molecule has 1 N–H and O–H groups in total. The van der Waals surface area contributed by atoms with E-state index in [2.05, 4.69) is 5.32 Å². The summed E-state index contributed by atoms with van der Waals surface area (Å²) in [5.74, 6) is -0.370. The van der Waals surface area contributed by atoms with Gasteiger partial charge in [0.2, 0.25) is 11.8 Å². The van der Waals surface area contributed by atoms with Crippen molar-refractivity contribution in [2.75, 3.05) is 25.1 Å². The Labute approximate surface area is 316 Å². The van der Waals surface area contributed by atoms with E-state index in [0.29, 0.717) is 27.0 Å². The monoisotopic (exact) mass is 765 g/mol. The molecule has 0 aliphatic heterocycles. The van der Waals surface area contributed by atoms with Gasteiger partial charge in [0.25, 0.3) is 10.0 Å². The normalized spacial score (nSPS) is 14.0. The van der Waals surface area contributed by atoms with Crippen molar-refractivity contribution in [3.8, 4) is 11.5 Å². The van der Waals surface area contributed by atoms with E-state index in [1.807, 2.05) is 50.2 Å². The number of amides is 2. The predicted octanol–water partition coefficient (Wildman–Crippen LogP) is 7.91. The molecule has 1 aliphatic rings. The molecule has 1 atom stereocenters. The van der Waals surface area contributed by atoms with Gasteiger partial charge in [-0.15, -0.1) is 0 Å². The SMILES string of the molecule is COc1ccc(S(=O)(=O)N(CC(=O)N(Cc2c(Cl)cccc2Cl)C(Cc2ccccc2)C(=O)NC2CCCCC2)c2cc(C)cc(C)c2)cc1OC. The topological polar surface area (TPSA) is 105 Å². The fraction of sp³-hybridized carbons (Fsp3) is 0.350. The minimum Gasteiger partial charge on any atom is -0.493 e. The predicted molar refractivity (Wildman–Crippen MR) is 206 cm³/mol. The van der Waals surface area contributed by atoms with Gasteiger partial charge in [0.05, 0.1) is 24.8 Å². The molecule has 1 fully saturated rings. The van der Waals surface area contributed by atoms with Crippen molar-refractivity contribution in [1.29, 1.82) is 0 Å². The summed E-state index contributed by atoms with van der Waals surface area (Å²) >= 11 is 13.3. The smallest absolute Gasteiger partial charge is 0.264 e. The van der Waals surface area contributed by atoms with Crippen LogP contribution in [0.15, 0.2) is 89.8 Å². The van der Waals surface area contributed by atoms with E-state index in [1.165, 1.54) is 37.3 Å². The van der Waals surface area contributed by atoms with Crippen LogP contribution in [0, 0.1) is 13.8 Å². The Hall–Kier alpha value is -4.25. The van der Waals surface area contributed by atoms with Crippen LogP contribution in [0.3, 0.4) is 0 Å². The van der Waals surface area contributed by atoms with E-state index in [0.717, 1.165) is 53.1 Å². The fourth-order valence-electron chi connectivity index (χ4n) is 6.68.